The van der Waals surface area contributed by atoms with E-state index in [0.29, 0.717) is 19.0 Å². The van der Waals surface area contributed by atoms with E-state index in [9.17, 15) is 4.39 Å². The van der Waals surface area contributed by atoms with E-state index in [4.69, 9.17) is 4.98 Å². The molecule has 0 amide bonds. The van der Waals surface area contributed by atoms with Crippen LogP contribution in [0.25, 0.3) is 11.3 Å². The second-order valence-electron chi connectivity index (χ2n) is 6.02. The van der Waals surface area contributed by atoms with Gasteiger partial charge in [0.25, 0.3) is 0 Å². The standard InChI is InChI=1S/C17H18FN3/c1-11-4-2-5-12(8-11)16-14-6-3-7-15(14)19-17(20-16)21-9-13(18)10-21/h2,4-5,8,13H,3,6-7,9-10H2,1H3. The van der Waals surface area contributed by atoms with Crippen molar-refractivity contribution in [1.29, 1.82) is 0 Å². The number of aryl methyl sites for hydroxylation is 2. The summed E-state index contributed by atoms with van der Waals surface area (Å²) in [6.07, 6.45) is 2.46. The van der Waals surface area contributed by atoms with E-state index in [0.717, 1.165) is 36.2 Å². The fourth-order valence-electron chi connectivity index (χ4n) is 3.18. The van der Waals surface area contributed by atoms with Crippen molar-refractivity contribution in [3.05, 3.63) is 41.1 Å². The van der Waals surface area contributed by atoms with Crippen molar-refractivity contribution in [2.45, 2.75) is 32.4 Å². The SMILES string of the molecule is Cc1cccc(-c2nc(N3CC(F)C3)nc3c2CCC3)c1. The Morgan fingerprint density at radius 1 is 1.19 bits per heavy atom. The summed E-state index contributed by atoms with van der Waals surface area (Å²) in [6.45, 7) is 2.94. The van der Waals surface area contributed by atoms with E-state index in [1.807, 2.05) is 4.90 Å². The molecule has 0 spiro atoms. The molecule has 0 atom stereocenters. The van der Waals surface area contributed by atoms with Crippen molar-refractivity contribution < 1.29 is 4.39 Å². The van der Waals surface area contributed by atoms with Crippen LogP contribution in [0, 0.1) is 6.92 Å². The molecule has 0 saturated carbocycles. The number of hydrogen-bond donors (Lipinski definition) is 0. The van der Waals surface area contributed by atoms with Crippen LogP contribution in [0.1, 0.15) is 23.2 Å². The van der Waals surface area contributed by atoms with Crippen LogP contribution in [0.2, 0.25) is 0 Å². The highest BCUT2D eigenvalue weighted by Gasteiger charge is 2.30. The maximum Gasteiger partial charge on any atom is 0.226 e. The fourth-order valence-corrected chi connectivity index (χ4v) is 3.18. The Labute approximate surface area is 123 Å². The van der Waals surface area contributed by atoms with Crippen LogP contribution >= 0.6 is 0 Å². The first kappa shape index (κ1) is 12.7. The van der Waals surface area contributed by atoms with Gasteiger partial charge < -0.3 is 4.90 Å². The molecule has 1 saturated heterocycles. The summed E-state index contributed by atoms with van der Waals surface area (Å²) in [7, 11) is 0. The minimum atomic E-state index is -0.732. The third-order valence-electron chi connectivity index (χ3n) is 4.33. The van der Waals surface area contributed by atoms with Gasteiger partial charge in [-0.1, -0.05) is 23.8 Å². The van der Waals surface area contributed by atoms with E-state index in [1.165, 1.54) is 11.1 Å². The predicted molar refractivity (Wildman–Crippen MR) is 81.3 cm³/mol. The van der Waals surface area contributed by atoms with Gasteiger partial charge in [-0.15, -0.1) is 0 Å². The van der Waals surface area contributed by atoms with Crippen molar-refractivity contribution >= 4 is 5.95 Å². The normalized spacial score (nSPS) is 17.7. The Balaban J connectivity index is 1.82. The minimum absolute atomic E-state index is 0.423. The maximum absolute atomic E-state index is 13.1. The van der Waals surface area contributed by atoms with Crippen molar-refractivity contribution in [3.63, 3.8) is 0 Å². The van der Waals surface area contributed by atoms with Crippen LogP contribution in [0.3, 0.4) is 0 Å². The summed E-state index contributed by atoms with van der Waals surface area (Å²) >= 11 is 0. The van der Waals surface area contributed by atoms with Crippen molar-refractivity contribution in [2.75, 3.05) is 18.0 Å². The molecule has 1 aliphatic heterocycles. The maximum atomic E-state index is 13.1. The molecule has 0 radical (unpaired) electrons. The Bertz CT molecular complexity index is 692. The number of nitrogens with zero attached hydrogens (tertiary/aromatic N) is 3. The summed E-state index contributed by atoms with van der Waals surface area (Å²) in [5.41, 5.74) is 5.85. The van der Waals surface area contributed by atoms with Crippen molar-refractivity contribution in [3.8, 4) is 11.3 Å². The number of anilines is 1. The average Bonchev–Trinajstić information content (AvgIpc) is 2.91. The second-order valence-corrected chi connectivity index (χ2v) is 6.02. The molecule has 2 heterocycles. The highest BCUT2D eigenvalue weighted by Crippen LogP contribution is 2.33. The number of aromatic nitrogens is 2. The van der Waals surface area contributed by atoms with Crippen LogP contribution < -0.4 is 4.90 Å². The lowest BCUT2D eigenvalue weighted by atomic mass is 10.0. The van der Waals surface area contributed by atoms with Gasteiger partial charge in [-0.2, -0.15) is 0 Å². The average molecular weight is 283 g/mol. The number of halogens is 1. The molecule has 0 bridgehead atoms. The van der Waals surface area contributed by atoms with Crippen molar-refractivity contribution in [2.24, 2.45) is 0 Å². The zero-order valence-electron chi connectivity index (χ0n) is 12.1. The van der Waals surface area contributed by atoms with Gasteiger partial charge in [-0.3, -0.25) is 0 Å². The monoisotopic (exact) mass is 283 g/mol. The molecule has 21 heavy (non-hydrogen) atoms. The van der Waals surface area contributed by atoms with Crippen LogP contribution in [-0.2, 0) is 12.8 Å². The van der Waals surface area contributed by atoms with Crippen LogP contribution in [0.15, 0.2) is 24.3 Å². The quantitative estimate of drug-likeness (QED) is 0.848. The number of fused-ring (bicyclic) bond motifs is 1. The van der Waals surface area contributed by atoms with Gasteiger partial charge in [-0.25, -0.2) is 14.4 Å². The molecule has 1 fully saturated rings. The lowest BCUT2D eigenvalue weighted by Crippen LogP contribution is -2.49. The van der Waals surface area contributed by atoms with Gasteiger partial charge in [0, 0.05) is 16.8 Å². The number of hydrogen-bond acceptors (Lipinski definition) is 3. The summed E-state index contributed by atoms with van der Waals surface area (Å²) in [5, 5.41) is 0. The number of alkyl halides is 1. The fraction of sp³-hybridized carbons (Fsp3) is 0.412. The van der Waals surface area contributed by atoms with E-state index >= 15 is 0 Å². The smallest absolute Gasteiger partial charge is 0.226 e. The molecule has 1 aromatic heterocycles. The molecule has 0 N–H and O–H groups in total. The van der Waals surface area contributed by atoms with Gasteiger partial charge in [0.1, 0.15) is 6.17 Å². The summed E-state index contributed by atoms with van der Waals surface area (Å²) < 4.78 is 13.1. The number of benzene rings is 1. The van der Waals surface area contributed by atoms with Gasteiger partial charge >= 0.3 is 0 Å². The Kier molecular flexibility index (Phi) is 2.91. The van der Waals surface area contributed by atoms with E-state index in [-0.39, 0.29) is 0 Å². The van der Waals surface area contributed by atoms with Crippen LogP contribution in [0.5, 0.6) is 0 Å². The molecule has 1 aromatic carbocycles. The molecule has 2 aromatic rings. The van der Waals surface area contributed by atoms with Gasteiger partial charge in [0.2, 0.25) is 5.95 Å². The molecule has 4 heteroatoms. The highest BCUT2D eigenvalue weighted by molar-refractivity contribution is 5.67. The molecule has 1 aliphatic carbocycles. The van der Waals surface area contributed by atoms with Gasteiger partial charge in [0.05, 0.1) is 18.8 Å². The molecule has 108 valence electrons. The van der Waals surface area contributed by atoms with Crippen molar-refractivity contribution in [1.82, 2.24) is 9.97 Å². The first-order chi connectivity index (χ1) is 10.2. The third kappa shape index (κ3) is 2.19. The summed E-state index contributed by atoms with van der Waals surface area (Å²) in [5.74, 6) is 0.695. The predicted octanol–water partition coefficient (Wildman–Crippen LogP) is 3.10. The topological polar surface area (TPSA) is 29.0 Å². The minimum Gasteiger partial charge on any atom is -0.335 e. The summed E-state index contributed by atoms with van der Waals surface area (Å²) in [6, 6.07) is 8.43. The van der Waals surface area contributed by atoms with Gasteiger partial charge in [-0.05, 0) is 32.3 Å². The zero-order valence-corrected chi connectivity index (χ0v) is 12.1. The second kappa shape index (κ2) is 4.79. The molecule has 0 unspecified atom stereocenters. The van der Waals surface area contributed by atoms with Crippen LogP contribution in [0.4, 0.5) is 10.3 Å². The molecular weight excluding hydrogens is 265 g/mol. The Hall–Kier alpha value is -1.97. The highest BCUT2D eigenvalue weighted by atomic mass is 19.1. The Morgan fingerprint density at radius 3 is 2.81 bits per heavy atom. The third-order valence-corrected chi connectivity index (χ3v) is 4.33. The first-order valence-corrected chi connectivity index (χ1v) is 7.56. The molecule has 3 nitrogen and oxygen atoms in total. The lowest BCUT2D eigenvalue weighted by molar-refractivity contribution is 0.272. The van der Waals surface area contributed by atoms with Crippen LogP contribution in [-0.4, -0.2) is 29.2 Å². The molecule has 2 aliphatic rings. The van der Waals surface area contributed by atoms with E-state index in [2.05, 4.69) is 36.2 Å². The number of rotatable bonds is 2. The van der Waals surface area contributed by atoms with E-state index in [1.54, 1.807) is 0 Å². The first-order valence-electron chi connectivity index (χ1n) is 7.56. The zero-order chi connectivity index (χ0) is 14.4. The van der Waals surface area contributed by atoms with E-state index < -0.39 is 6.17 Å². The largest absolute Gasteiger partial charge is 0.335 e. The lowest BCUT2D eigenvalue weighted by Gasteiger charge is -2.34. The molecule has 4 rings (SSSR count). The van der Waals surface area contributed by atoms with Gasteiger partial charge in [0.15, 0.2) is 0 Å². The molecular formula is C17H18FN3. The Morgan fingerprint density at radius 2 is 2.05 bits per heavy atom. The summed E-state index contributed by atoms with van der Waals surface area (Å²) in [4.78, 5) is 11.4.